The molecule has 1 atom stereocenters. The Morgan fingerprint density at radius 3 is 2.82 bits per heavy atom. The van der Waals surface area contributed by atoms with E-state index in [4.69, 9.17) is 10.2 Å². The summed E-state index contributed by atoms with van der Waals surface area (Å²) in [6, 6.07) is 10.9. The van der Waals surface area contributed by atoms with Gasteiger partial charge in [-0.1, -0.05) is 18.2 Å². The molecule has 1 aromatic carbocycles. The number of rotatable bonds is 2. The minimum atomic E-state index is 0.250. The summed E-state index contributed by atoms with van der Waals surface area (Å²) >= 11 is 0. The fraction of sp³-hybridized carbons (Fsp3) is 0.308. The Labute approximate surface area is 100 Å². The van der Waals surface area contributed by atoms with E-state index in [0.29, 0.717) is 0 Å². The van der Waals surface area contributed by atoms with Crippen LogP contribution in [0.2, 0.25) is 0 Å². The SMILES string of the molecule is Nc1ncc([C@H]2CCCN2c2ccccc2)o1. The van der Waals surface area contributed by atoms with Gasteiger partial charge in [-0.25, -0.2) is 4.98 Å². The van der Waals surface area contributed by atoms with Crippen LogP contribution in [0.5, 0.6) is 0 Å². The Morgan fingerprint density at radius 2 is 2.12 bits per heavy atom. The maximum absolute atomic E-state index is 5.53. The van der Waals surface area contributed by atoms with Gasteiger partial charge in [0.25, 0.3) is 6.01 Å². The minimum absolute atomic E-state index is 0.250. The second-order valence-corrected chi connectivity index (χ2v) is 4.29. The average molecular weight is 229 g/mol. The average Bonchev–Trinajstić information content (AvgIpc) is 2.98. The third-order valence-electron chi connectivity index (χ3n) is 3.21. The Kier molecular flexibility index (Phi) is 2.48. The van der Waals surface area contributed by atoms with Gasteiger partial charge in [-0.15, -0.1) is 0 Å². The molecule has 0 spiro atoms. The lowest BCUT2D eigenvalue weighted by Gasteiger charge is -2.24. The number of oxazole rings is 1. The van der Waals surface area contributed by atoms with E-state index in [1.54, 1.807) is 6.20 Å². The molecule has 1 fully saturated rings. The summed E-state index contributed by atoms with van der Waals surface area (Å²) in [6.45, 7) is 1.05. The molecule has 1 aliphatic heterocycles. The van der Waals surface area contributed by atoms with Crippen molar-refractivity contribution in [2.24, 2.45) is 0 Å². The van der Waals surface area contributed by atoms with Crippen molar-refractivity contribution < 1.29 is 4.42 Å². The van der Waals surface area contributed by atoms with Gasteiger partial charge in [0.05, 0.1) is 12.2 Å². The van der Waals surface area contributed by atoms with Crippen molar-refractivity contribution in [1.29, 1.82) is 0 Å². The molecule has 1 aliphatic rings. The Bertz CT molecular complexity index is 494. The molecule has 2 heterocycles. The van der Waals surface area contributed by atoms with Crippen LogP contribution in [0.4, 0.5) is 11.7 Å². The van der Waals surface area contributed by atoms with Crippen LogP contribution in [0, 0.1) is 0 Å². The van der Waals surface area contributed by atoms with E-state index < -0.39 is 0 Å². The van der Waals surface area contributed by atoms with Crippen molar-refractivity contribution in [3.05, 3.63) is 42.3 Å². The standard InChI is InChI=1S/C13H15N3O/c14-13-15-9-12(17-13)11-7-4-8-16(11)10-5-2-1-3-6-10/h1-3,5-6,9,11H,4,7-8H2,(H2,14,15)/t11-/m1/s1. The molecule has 4 nitrogen and oxygen atoms in total. The van der Waals surface area contributed by atoms with Crippen molar-refractivity contribution >= 4 is 11.7 Å². The van der Waals surface area contributed by atoms with Gasteiger partial charge in [-0.05, 0) is 25.0 Å². The van der Waals surface area contributed by atoms with Gasteiger partial charge in [0.15, 0.2) is 0 Å². The van der Waals surface area contributed by atoms with Crippen LogP contribution in [0.15, 0.2) is 40.9 Å². The molecule has 88 valence electrons. The fourth-order valence-electron chi connectivity index (χ4n) is 2.45. The summed E-state index contributed by atoms with van der Waals surface area (Å²) in [4.78, 5) is 6.32. The molecule has 2 N–H and O–H groups in total. The van der Waals surface area contributed by atoms with E-state index >= 15 is 0 Å². The monoisotopic (exact) mass is 229 g/mol. The van der Waals surface area contributed by atoms with Crippen LogP contribution in [0.3, 0.4) is 0 Å². The summed E-state index contributed by atoms with van der Waals surface area (Å²) in [7, 11) is 0. The molecule has 0 bridgehead atoms. The van der Waals surface area contributed by atoms with Crippen molar-refractivity contribution in [1.82, 2.24) is 4.98 Å². The number of aromatic nitrogens is 1. The summed E-state index contributed by atoms with van der Waals surface area (Å²) in [5.41, 5.74) is 6.76. The maximum Gasteiger partial charge on any atom is 0.292 e. The van der Waals surface area contributed by atoms with E-state index in [1.165, 1.54) is 12.1 Å². The number of hydrogen-bond donors (Lipinski definition) is 1. The van der Waals surface area contributed by atoms with Gasteiger partial charge < -0.3 is 15.1 Å². The van der Waals surface area contributed by atoms with Crippen molar-refractivity contribution in [2.45, 2.75) is 18.9 Å². The molecule has 3 rings (SSSR count). The molecule has 1 saturated heterocycles. The molecule has 0 aliphatic carbocycles. The van der Waals surface area contributed by atoms with Crippen LogP contribution in [0.25, 0.3) is 0 Å². The zero-order valence-electron chi connectivity index (χ0n) is 9.54. The number of nitrogens with zero attached hydrogens (tertiary/aromatic N) is 2. The first-order chi connectivity index (χ1) is 8.34. The summed E-state index contributed by atoms with van der Waals surface area (Å²) < 4.78 is 5.44. The predicted octanol–water partition coefficient (Wildman–Crippen LogP) is 2.60. The molecule has 1 aromatic heterocycles. The second-order valence-electron chi connectivity index (χ2n) is 4.29. The lowest BCUT2D eigenvalue weighted by Crippen LogP contribution is -2.21. The Hall–Kier alpha value is -1.97. The third kappa shape index (κ3) is 1.86. The van der Waals surface area contributed by atoms with Crippen molar-refractivity contribution in [2.75, 3.05) is 17.2 Å². The Balaban J connectivity index is 1.90. The number of benzene rings is 1. The van der Waals surface area contributed by atoms with E-state index in [0.717, 1.165) is 18.7 Å². The highest BCUT2D eigenvalue weighted by atomic mass is 16.4. The lowest BCUT2D eigenvalue weighted by molar-refractivity contribution is 0.477. The molecule has 4 heteroatoms. The summed E-state index contributed by atoms with van der Waals surface area (Å²) in [6.07, 6.45) is 3.99. The van der Waals surface area contributed by atoms with Crippen LogP contribution in [-0.4, -0.2) is 11.5 Å². The smallest absolute Gasteiger partial charge is 0.292 e. The summed E-state index contributed by atoms with van der Waals surface area (Å²) in [5.74, 6) is 0.865. The number of nitrogen functional groups attached to an aromatic ring is 1. The van der Waals surface area contributed by atoms with Crippen molar-refractivity contribution in [3.8, 4) is 0 Å². The molecule has 2 aromatic rings. The van der Waals surface area contributed by atoms with Crippen LogP contribution in [-0.2, 0) is 0 Å². The largest absolute Gasteiger partial charge is 0.427 e. The molecule has 0 radical (unpaired) electrons. The zero-order chi connectivity index (χ0) is 11.7. The quantitative estimate of drug-likeness (QED) is 0.860. The highest BCUT2D eigenvalue weighted by molar-refractivity contribution is 5.49. The van der Waals surface area contributed by atoms with Gasteiger partial charge in [0, 0.05) is 12.2 Å². The van der Waals surface area contributed by atoms with E-state index in [9.17, 15) is 0 Å². The van der Waals surface area contributed by atoms with Gasteiger partial charge in [0.1, 0.15) is 5.76 Å². The molecule has 0 saturated carbocycles. The highest BCUT2D eigenvalue weighted by Crippen LogP contribution is 2.36. The van der Waals surface area contributed by atoms with Crippen molar-refractivity contribution in [3.63, 3.8) is 0 Å². The van der Waals surface area contributed by atoms with Gasteiger partial charge in [0.2, 0.25) is 0 Å². The minimum Gasteiger partial charge on any atom is -0.427 e. The molecule has 0 amide bonds. The fourth-order valence-corrected chi connectivity index (χ4v) is 2.45. The number of anilines is 2. The maximum atomic E-state index is 5.53. The topological polar surface area (TPSA) is 55.3 Å². The molecular formula is C13H15N3O. The van der Waals surface area contributed by atoms with E-state index in [1.807, 2.05) is 6.07 Å². The summed E-state index contributed by atoms with van der Waals surface area (Å²) in [5, 5.41) is 0. The number of para-hydroxylation sites is 1. The third-order valence-corrected chi connectivity index (χ3v) is 3.21. The molecule has 17 heavy (non-hydrogen) atoms. The van der Waals surface area contributed by atoms with E-state index in [2.05, 4.69) is 34.1 Å². The van der Waals surface area contributed by atoms with Crippen LogP contribution < -0.4 is 10.6 Å². The first kappa shape index (κ1) is 10.2. The van der Waals surface area contributed by atoms with Gasteiger partial charge in [-0.3, -0.25) is 0 Å². The van der Waals surface area contributed by atoms with Crippen LogP contribution in [0.1, 0.15) is 24.6 Å². The number of nitrogens with two attached hydrogens (primary N) is 1. The van der Waals surface area contributed by atoms with Crippen LogP contribution >= 0.6 is 0 Å². The van der Waals surface area contributed by atoms with Gasteiger partial charge >= 0.3 is 0 Å². The molecular weight excluding hydrogens is 214 g/mol. The van der Waals surface area contributed by atoms with Gasteiger partial charge in [-0.2, -0.15) is 0 Å². The first-order valence-electron chi connectivity index (χ1n) is 5.87. The Morgan fingerprint density at radius 1 is 1.29 bits per heavy atom. The lowest BCUT2D eigenvalue weighted by atomic mass is 10.1. The molecule has 0 unspecified atom stereocenters. The van der Waals surface area contributed by atoms with E-state index in [-0.39, 0.29) is 12.1 Å². The zero-order valence-corrected chi connectivity index (χ0v) is 9.54. The first-order valence-corrected chi connectivity index (χ1v) is 5.87. The highest BCUT2D eigenvalue weighted by Gasteiger charge is 2.28. The second kappa shape index (κ2) is 4.13. The number of hydrogen-bond acceptors (Lipinski definition) is 4. The normalized spacial score (nSPS) is 19.8. The predicted molar refractivity (Wildman–Crippen MR) is 66.7 cm³/mol.